The molecule has 6 heteroatoms. The maximum Gasteiger partial charge on any atom is 0.339 e. The van der Waals surface area contributed by atoms with E-state index < -0.39 is 15.8 Å². The Morgan fingerprint density at radius 3 is 2.56 bits per heavy atom. The first-order chi connectivity index (χ1) is 7.42. The third kappa shape index (κ3) is 3.98. The lowest BCUT2D eigenvalue weighted by molar-refractivity contribution is 0.0526. The molecule has 88 valence electrons. The van der Waals surface area contributed by atoms with Gasteiger partial charge in [-0.05, 0) is 19.1 Å². The molecule has 0 N–H and O–H groups in total. The van der Waals surface area contributed by atoms with E-state index in [0.29, 0.717) is 17.9 Å². The Bertz CT molecular complexity index is 464. The van der Waals surface area contributed by atoms with Gasteiger partial charge in [-0.2, -0.15) is 0 Å². The van der Waals surface area contributed by atoms with Crippen LogP contribution in [0.5, 0.6) is 0 Å². The number of ether oxygens (including phenoxy) is 1. The zero-order valence-corrected chi connectivity index (χ0v) is 9.95. The summed E-state index contributed by atoms with van der Waals surface area (Å²) in [5.41, 5.74) is 0.731. The van der Waals surface area contributed by atoms with E-state index in [4.69, 9.17) is 4.74 Å². The Hall–Kier alpha value is -1.43. The summed E-state index contributed by atoms with van der Waals surface area (Å²) >= 11 is 0. The number of carbonyl (C=O) groups is 1. The average molecular weight is 243 g/mol. The van der Waals surface area contributed by atoms with Crippen LogP contribution < -0.4 is 0 Å². The lowest BCUT2D eigenvalue weighted by Crippen LogP contribution is -2.07. The number of nitrogens with zero attached hydrogens (tertiary/aromatic N) is 1. The van der Waals surface area contributed by atoms with E-state index in [1.807, 2.05) is 0 Å². The summed E-state index contributed by atoms with van der Waals surface area (Å²) in [6.07, 6.45) is 2.45. The fourth-order valence-corrected chi connectivity index (χ4v) is 1.82. The van der Waals surface area contributed by atoms with Crippen molar-refractivity contribution in [3.8, 4) is 0 Å². The number of carbonyl (C=O) groups excluding carboxylic acids is 1. The van der Waals surface area contributed by atoms with Gasteiger partial charge in [0.15, 0.2) is 9.84 Å². The van der Waals surface area contributed by atoms with E-state index in [2.05, 4.69) is 4.98 Å². The van der Waals surface area contributed by atoms with Crippen molar-refractivity contribution in [3.63, 3.8) is 0 Å². The molecular weight excluding hydrogens is 230 g/mol. The molecule has 0 aromatic carbocycles. The van der Waals surface area contributed by atoms with Crippen molar-refractivity contribution < 1.29 is 17.9 Å². The fourth-order valence-electron chi connectivity index (χ4n) is 1.11. The van der Waals surface area contributed by atoms with Gasteiger partial charge in [-0.15, -0.1) is 0 Å². The largest absolute Gasteiger partial charge is 0.462 e. The molecule has 1 aromatic rings. The molecule has 1 rings (SSSR count). The molecule has 0 bridgehead atoms. The molecule has 0 aliphatic heterocycles. The summed E-state index contributed by atoms with van der Waals surface area (Å²) in [4.78, 5) is 15.1. The number of rotatable bonds is 4. The van der Waals surface area contributed by atoms with Crippen LogP contribution in [0.1, 0.15) is 23.0 Å². The van der Waals surface area contributed by atoms with Crippen LogP contribution in [0, 0.1) is 0 Å². The van der Waals surface area contributed by atoms with E-state index in [1.54, 1.807) is 6.92 Å². The van der Waals surface area contributed by atoms with Crippen LogP contribution in [-0.2, 0) is 20.3 Å². The SMILES string of the molecule is CCOC(=O)c1ccc(CS(C)(=O)=O)nc1. The Morgan fingerprint density at radius 2 is 2.12 bits per heavy atom. The average Bonchev–Trinajstić information content (AvgIpc) is 2.16. The van der Waals surface area contributed by atoms with Gasteiger partial charge in [0.25, 0.3) is 0 Å². The monoisotopic (exact) mass is 243 g/mol. The van der Waals surface area contributed by atoms with Gasteiger partial charge in [0.05, 0.1) is 23.6 Å². The molecule has 1 aromatic heterocycles. The van der Waals surface area contributed by atoms with Gasteiger partial charge in [0.2, 0.25) is 0 Å². The Kier molecular flexibility index (Phi) is 4.00. The van der Waals surface area contributed by atoms with Crippen LogP contribution >= 0.6 is 0 Å². The van der Waals surface area contributed by atoms with Gasteiger partial charge in [0, 0.05) is 12.5 Å². The number of sulfone groups is 1. The van der Waals surface area contributed by atoms with Crippen molar-refractivity contribution in [1.82, 2.24) is 4.98 Å². The first-order valence-electron chi connectivity index (χ1n) is 4.72. The van der Waals surface area contributed by atoms with Crippen LogP contribution in [0.15, 0.2) is 18.3 Å². The molecule has 0 fully saturated rings. The van der Waals surface area contributed by atoms with Crippen molar-refractivity contribution >= 4 is 15.8 Å². The minimum atomic E-state index is -3.10. The van der Waals surface area contributed by atoms with Crippen LogP contribution in [0.3, 0.4) is 0 Å². The van der Waals surface area contributed by atoms with E-state index in [1.165, 1.54) is 18.3 Å². The van der Waals surface area contributed by atoms with E-state index >= 15 is 0 Å². The molecule has 5 nitrogen and oxygen atoms in total. The van der Waals surface area contributed by atoms with E-state index in [9.17, 15) is 13.2 Å². The highest BCUT2D eigenvalue weighted by molar-refractivity contribution is 7.89. The molecule has 0 spiro atoms. The number of pyridine rings is 1. The molecule has 16 heavy (non-hydrogen) atoms. The van der Waals surface area contributed by atoms with Gasteiger partial charge >= 0.3 is 5.97 Å². The predicted octanol–water partition coefficient (Wildman–Crippen LogP) is 0.803. The highest BCUT2D eigenvalue weighted by atomic mass is 32.2. The minimum absolute atomic E-state index is 0.129. The topological polar surface area (TPSA) is 73.3 Å². The van der Waals surface area contributed by atoms with Crippen molar-refractivity contribution in [1.29, 1.82) is 0 Å². The van der Waals surface area contributed by atoms with Crippen molar-refractivity contribution in [2.24, 2.45) is 0 Å². The van der Waals surface area contributed by atoms with E-state index in [0.717, 1.165) is 6.26 Å². The van der Waals surface area contributed by atoms with Crippen LogP contribution in [0.2, 0.25) is 0 Å². The molecular formula is C10H13NO4S. The summed E-state index contributed by atoms with van der Waals surface area (Å²) in [5, 5.41) is 0. The quantitative estimate of drug-likeness (QED) is 0.731. The number of esters is 1. The van der Waals surface area contributed by atoms with Gasteiger partial charge in [-0.3, -0.25) is 4.98 Å². The molecule has 1 heterocycles. The summed E-state index contributed by atoms with van der Waals surface area (Å²) < 4.78 is 26.8. The molecule has 0 radical (unpaired) electrons. The van der Waals surface area contributed by atoms with Crippen molar-refractivity contribution in [2.75, 3.05) is 12.9 Å². The molecule has 0 amide bonds. The summed E-state index contributed by atoms with van der Waals surface area (Å²) in [6.45, 7) is 2.01. The molecule has 0 aliphatic carbocycles. The van der Waals surface area contributed by atoms with Gasteiger partial charge in [-0.25, -0.2) is 13.2 Å². The Morgan fingerprint density at radius 1 is 1.44 bits per heavy atom. The molecule has 0 saturated carbocycles. The maximum absolute atomic E-state index is 11.3. The van der Waals surface area contributed by atoms with Gasteiger partial charge in [-0.1, -0.05) is 0 Å². The summed E-state index contributed by atoms with van der Waals surface area (Å²) in [6, 6.07) is 3.01. The zero-order valence-electron chi connectivity index (χ0n) is 9.13. The lowest BCUT2D eigenvalue weighted by atomic mass is 10.2. The van der Waals surface area contributed by atoms with Crippen LogP contribution in [-0.4, -0.2) is 32.2 Å². The third-order valence-electron chi connectivity index (χ3n) is 1.75. The summed E-state index contributed by atoms with van der Waals surface area (Å²) in [5.74, 6) is -0.586. The minimum Gasteiger partial charge on any atom is -0.462 e. The van der Waals surface area contributed by atoms with Gasteiger partial charge in [0.1, 0.15) is 0 Å². The molecule has 0 atom stereocenters. The molecule has 0 aliphatic rings. The third-order valence-corrected chi connectivity index (χ3v) is 2.57. The van der Waals surface area contributed by atoms with E-state index in [-0.39, 0.29) is 5.75 Å². The van der Waals surface area contributed by atoms with Crippen LogP contribution in [0.4, 0.5) is 0 Å². The fraction of sp³-hybridized carbons (Fsp3) is 0.400. The smallest absolute Gasteiger partial charge is 0.339 e. The predicted molar refractivity (Wildman–Crippen MR) is 58.7 cm³/mol. The molecule has 0 saturated heterocycles. The first-order valence-corrected chi connectivity index (χ1v) is 6.78. The second-order valence-corrected chi connectivity index (χ2v) is 5.47. The molecule has 0 unspecified atom stereocenters. The number of hydrogen-bond acceptors (Lipinski definition) is 5. The highest BCUT2D eigenvalue weighted by Crippen LogP contribution is 2.05. The second-order valence-electron chi connectivity index (χ2n) is 3.33. The van der Waals surface area contributed by atoms with Gasteiger partial charge < -0.3 is 4.74 Å². The summed E-state index contributed by atoms with van der Waals surface area (Å²) in [7, 11) is -3.10. The second kappa shape index (κ2) is 5.07. The first kappa shape index (κ1) is 12.6. The van der Waals surface area contributed by atoms with Crippen LogP contribution in [0.25, 0.3) is 0 Å². The van der Waals surface area contributed by atoms with Crippen molar-refractivity contribution in [2.45, 2.75) is 12.7 Å². The standard InChI is InChI=1S/C10H13NO4S/c1-3-15-10(12)8-4-5-9(11-6-8)7-16(2,13)14/h4-6H,3,7H2,1-2H3. The normalized spacial score (nSPS) is 11.1. The number of aromatic nitrogens is 1. The lowest BCUT2D eigenvalue weighted by Gasteiger charge is -2.02. The highest BCUT2D eigenvalue weighted by Gasteiger charge is 2.09. The maximum atomic E-state index is 11.3. The zero-order chi connectivity index (χ0) is 12.2. The number of hydrogen-bond donors (Lipinski definition) is 0. The Labute approximate surface area is 94.4 Å². The van der Waals surface area contributed by atoms with Crippen molar-refractivity contribution in [3.05, 3.63) is 29.6 Å². The Balaban J connectivity index is 2.79.